The van der Waals surface area contributed by atoms with Crippen molar-refractivity contribution < 1.29 is 9.00 Å². The number of hydrogen-bond donors (Lipinski definition) is 1. The van der Waals surface area contributed by atoms with Crippen LogP contribution in [0.25, 0.3) is 0 Å². The van der Waals surface area contributed by atoms with E-state index in [1.165, 1.54) is 0 Å². The first-order valence-corrected chi connectivity index (χ1v) is 6.07. The van der Waals surface area contributed by atoms with Crippen LogP contribution in [0.3, 0.4) is 0 Å². The first kappa shape index (κ1) is 9.42. The molecule has 66 valence electrons. The minimum atomic E-state index is -3.25. The Morgan fingerprint density at radius 3 is 2.25 bits per heavy atom. The minimum Gasteiger partial charge on any atom is -0.289 e. The minimum absolute atomic E-state index is 0.305. The van der Waals surface area contributed by atoms with Crippen LogP contribution in [0, 0.1) is 6.92 Å². The third-order valence-corrected chi connectivity index (χ3v) is 3.62. The number of rotatable bonds is 2. The van der Waals surface area contributed by atoms with Crippen molar-refractivity contribution in [3.05, 3.63) is 29.8 Å². The largest absolute Gasteiger partial charge is 0.289 e. The summed E-state index contributed by atoms with van der Waals surface area (Å²) in [5, 5.41) is 0. The van der Waals surface area contributed by atoms with Gasteiger partial charge in [0.2, 0.25) is 0 Å². The molecule has 0 bridgehead atoms. The van der Waals surface area contributed by atoms with Crippen LogP contribution < -0.4 is 0 Å². The quantitative estimate of drug-likeness (QED) is 0.452. The summed E-state index contributed by atoms with van der Waals surface area (Å²) in [6.07, 6.45) is 0. The van der Waals surface area contributed by atoms with Crippen molar-refractivity contribution in [1.29, 1.82) is 0 Å². The summed E-state index contributed by atoms with van der Waals surface area (Å²) >= 11 is 0. The summed E-state index contributed by atoms with van der Waals surface area (Å²) in [6.45, 7) is 1.91. The molecule has 1 rings (SSSR count). The number of halogens is 1. The molecule has 0 fully saturated rings. The van der Waals surface area contributed by atoms with Gasteiger partial charge in [0.15, 0.2) is 5.62 Å². The lowest BCUT2D eigenvalue weighted by atomic mass is 10.2. The smallest absolute Gasteiger partial charge is 0.199 e. The molecule has 0 N–H and O–H groups in total. The highest BCUT2D eigenvalue weighted by molar-refractivity contribution is 8.33. The van der Waals surface area contributed by atoms with E-state index < -0.39 is 9.15 Å². The summed E-state index contributed by atoms with van der Waals surface area (Å²) in [5.74, 6) is 0. The Bertz CT molecular complexity index is 331. The Hall–Kier alpha value is -0.670. The fourth-order valence-corrected chi connectivity index (χ4v) is 1.82. The van der Waals surface area contributed by atoms with Gasteiger partial charge in [-0.25, -0.2) is 0 Å². The van der Waals surface area contributed by atoms with Gasteiger partial charge in [-0.15, -0.1) is 0 Å². The zero-order chi connectivity index (χ0) is 9.19. The second-order valence-corrected chi connectivity index (χ2v) is 5.91. The van der Waals surface area contributed by atoms with Crippen molar-refractivity contribution in [2.24, 2.45) is 0 Å². The third-order valence-electron chi connectivity index (χ3n) is 1.52. The topological polar surface area (TPSA) is 34.1 Å². The Morgan fingerprint density at radius 1 is 1.33 bits per heavy atom. The molecule has 1 aromatic carbocycles. The van der Waals surface area contributed by atoms with Crippen molar-refractivity contribution in [1.82, 2.24) is 0 Å². The van der Waals surface area contributed by atoms with Gasteiger partial charge in [-0.1, -0.05) is 17.7 Å². The Morgan fingerprint density at radius 2 is 1.83 bits per heavy atom. The summed E-state index contributed by atoms with van der Waals surface area (Å²) < 4.78 is 11.3. The highest BCUT2D eigenvalue weighted by Crippen LogP contribution is 2.20. The lowest BCUT2D eigenvalue weighted by molar-refractivity contribution is 0.566. The molecule has 0 aliphatic carbocycles. The average molecular weight is 205 g/mol. The predicted octanol–water partition coefficient (Wildman–Crippen LogP) is 1.71. The Labute approximate surface area is 76.5 Å². The molecule has 0 aliphatic heterocycles. The Balaban J connectivity index is 3.13. The molecule has 0 radical (unpaired) electrons. The number of benzene rings is 1. The maximum Gasteiger partial charge on any atom is 0.199 e. The van der Waals surface area contributed by atoms with E-state index in [-0.39, 0.29) is 0 Å². The van der Waals surface area contributed by atoms with E-state index in [4.69, 9.17) is 10.7 Å². The van der Waals surface area contributed by atoms with Gasteiger partial charge in [-0.05, 0) is 29.7 Å². The molecule has 0 aliphatic rings. The maximum atomic E-state index is 11.3. The van der Waals surface area contributed by atoms with E-state index >= 15 is 0 Å². The van der Waals surface area contributed by atoms with E-state index in [2.05, 4.69) is 0 Å². The molecular formula is C8H9ClO2S. The fourth-order valence-electron chi connectivity index (χ4n) is 0.809. The van der Waals surface area contributed by atoms with Gasteiger partial charge < -0.3 is 0 Å². The van der Waals surface area contributed by atoms with Crippen LogP contribution in [0.5, 0.6) is 0 Å². The lowest BCUT2D eigenvalue weighted by Gasteiger charge is -2.07. The number of thiol groups is 1. The van der Waals surface area contributed by atoms with E-state index in [9.17, 15) is 9.00 Å². The van der Waals surface area contributed by atoms with Crippen LogP contribution >= 0.6 is 10.7 Å². The molecule has 0 heterocycles. The van der Waals surface area contributed by atoms with Gasteiger partial charge in [0, 0.05) is 14.0 Å². The van der Waals surface area contributed by atoms with Crippen molar-refractivity contribution in [2.45, 2.75) is 11.8 Å². The number of carbonyl (C=O) groups is 1. The molecule has 0 spiro atoms. The van der Waals surface area contributed by atoms with Gasteiger partial charge in [-0.2, -0.15) is 0 Å². The zero-order valence-electron chi connectivity index (χ0n) is 6.53. The Kier molecular flexibility index (Phi) is 2.65. The van der Waals surface area contributed by atoms with Gasteiger partial charge >= 0.3 is 0 Å². The molecular weight excluding hydrogens is 196 g/mol. The van der Waals surface area contributed by atoms with E-state index in [0.717, 1.165) is 5.56 Å². The maximum absolute atomic E-state index is 11.3. The molecule has 0 amide bonds. The molecule has 2 nitrogen and oxygen atoms in total. The molecule has 4 heteroatoms. The highest BCUT2D eigenvalue weighted by Gasteiger charge is 2.11. The molecule has 0 atom stereocenters. The normalized spacial score (nSPS) is 12.5. The average Bonchev–Trinajstić information content (AvgIpc) is 2.05. The summed E-state index contributed by atoms with van der Waals surface area (Å²) in [6, 6.07) is 6.76. The molecule has 12 heavy (non-hydrogen) atoms. The molecule has 0 saturated carbocycles. The van der Waals surface area contributed by atoms with E-state index in [1.807, 2.05) is 6.92 Å². The van der Waals surface area contributed by atoms with Crippen molar-refractivity contribution in [3.63, 3.8) is 0 Å². The van der Waals surface area contributed by atoms with Crippen molar-refractivity contribution in [2.75, 3.05) is 0 Å². The second-order valence-electron chi connectivity index (χ2n) is 2.52. The highest BCUT2D eigenvalue weighted by atomic mass is 35.7. The first-order chi connectivity index (χ1) is 5.56. The second kappa shape index (κ2) is 3.37. The zero-order valence-corrected chi connectivity index (χ0v) is 8.18. The molecule has 0 aromatic heterocycles. The lowest BCUT2D eigenvalue weighted by Crippen LogP contribution is -2.03. The van der Waals surface area contributed by atoms with Gasteiger partial charge in [0.1, 0.15) is 0 Å². The molecule has 0 saturated heterocycles. The van der Waals surface area contributed by atoms with Gasteiger partial charge in [0.25, 0.3) is 0 Å². The van der Waals surface area contributed by atoms with E-state index in [1.54, 1.807) is 24.3 Å². The third kappa shape index (κ3) is 1.93. The van der Waals surface area contributed by atoms with Crippen molar-refractivity contribution >= 4 is 25.4 Å². The predicted molar refractivity (Wildman–Crippen MR) is 51.6 cm³/mol. The SMILES string of the molecule is Cc1ccc([SH](=O)(Cl)C=O)cc1. The van der Waals surface area contributed by atoms with Crippen LogP contribution in [-0.2, 0) is 13.9 Å². The monoisotopic (exact) mass is 204 g/mol. The summed E-state index contributed by atoms with van der Waals surface area (Å²) in [7, 11) is 2.23. The molecule has 1 aromatic rings. The van der Waals surface area contributed by atoms with Crippen LogP contribution in [0.4, 0.5) is 0 Å². The van der Waals surface area contributed by atoms with Crippen LogP contribution in [0.1, 0.15) is 5.56 Å². The van der Waals surface area contributed by atoms with Crippen LogP contribution in [0.15, 0.2) is 29.2 Å². The fraction of sp³-hybridized carbons (Fsp3) is 0.125. The molecule has 0 unspecified atom stereocenters. The standard InChI is InChI=1S/C8H9ClO2S/c1-7-2-4-8(5-3-7)12(9,11)6-10/h2-6,12H,1H3. The summed E-state index contributed by atoms with van der Waals surface area (Å²) in [4.78, 5) is 10.7. The van der Waals surface area contributed by atoms with Crippen LogP contribution in [-0.4, -0.2) is 9.83 Å². The first-order valence-electron chi connectivity index (χ1n) is 3.39. The van der Waals surface area contributed by atoms with Gasteiger partial charge in [0.05, 0.1) is 0 Å². The van der Waals surface area contributed by atoms with Crippen LogP contribution in [0.2, 0.25) is 0 Å². The van der Waals surface area contributed by atoms with E-state index in [0.29, 0.717) is 10.5 Å². The summed E-state index contributed by atoms with van der Waals surface area (Å²) in [5.41, 5.74) is 1.35. The number of aryl methyl sites for hydroxylation is 1. The van der Waals surface area contributed by atoms with Gasteiger partial charge in [-0.3, -0.25) is 9.00 Å². The number of hydrogen-bond acceptors (Lipinski definition) is 2. The number of carbonyl (C=O) groups excluding carboxylic acids is 1. The van der Waals surface area contributed by atoms with Crippen molar-refractivity contribution in [3.8, 4) is 0 Å².